The van der Waals surface area contributed by atoms with Crippen LogP contribution < -0.4 is 14.8 Å². The zero-order chi connectivity index (χ0) is 16.5. The Morgan fingerprint density at radius 1 is 1.08 bits per heavy atom. The van der Waals surface area contributed by atoms with Crippen LogP contribution in [-0.2, 0) is 0 Å². The summed E-state index contributed by atoms with van der Waals surface area (Å²) in [5, 5.41) is 5.63. The van der Waals surface area contributed by atoms with Crippen LogP contribution in [0, 0.1) is 5.92 Å². The minimum Gasteiger partial charge on any atom is -0.486 e. The van der Waals surface area contributed by atoms with Crippen molar-refractivity contribution in [3.05, 3.63) is 41.5 Å². The van der Waals surface area contributed by atoms with Crippen molar-refractivity contribution in [2.75, 3.05) is 18.5 Å². The summed E-state index contributed by atoms with van der Waals surface area (Å²) in [5.74, 6) is 2.89. The number of hydrogen-bond donors (Lipinski definition) is 1. The van der Waals surface area contributed by atoms with E-state index in [0.717, 1.165) is 33.1 Å². The number of aromatic nitrogens is 2. The average Bonchev–Trinajstić information content (AvgIpc) is 3.08. The summed E-state index contributed by atoms with van der Waals surface area (Å²) in [4.78, 5) is 8.75. The smallest absolute Gasteiger partial charge is 0.161 e. The Morgan fingerprint density at radius 3 is 2.75 bits per heavy atom. The van der Waals surface area contributed by atoms with Crippen molar-refractivity contribution in [2.24, 2.45) is 5.92 Å². The van der Waals surface area contributed by atoms with E-state index in [-0.39, 0.29) is 6.04 Å². The van der Waals surface area contributed by atoms with Gasteiger partial charge in [-0.15, -0.1) is 11.3 Å². The number of rotatable bonds is 4. The molecule has 6 heteroatoms. The number of nitrogens with one attached hydrogen (secondary N) is 1. The first kappa shape index (κ1) is 15.2. The van der Waals surface area contributed by atoms with Crippen molar-refractivity contribution < 1.29 is 9.47 Å². The van der Waals surface area contributed by atoms with Crippen molar-refractivity contribution in [3.63, 3.8) is 0 Å². The van der Waals surface area contributed by atoms with E-state index in [1.807, 2.05) is 17.5 Å². The van der Waals surface area contributed by atoms with E-state index < -0.39 is 0 Å². The third-order valence-corrected chi connectivity index (χ3v) is 5.04. The summed E-state index contributed by atoms with van der Waals surface area (Å²) in [7, 11) is 0. The maximum absolute atomic E-state index is 5.73. The second-order valence-electron chi connectivity index (χ2n) is 6.13. The van der Waals surface area contributed by atoms with Crippen LogP contribution in [0.5, 0.6) is 11.5 Å². The lowest BCUT2D eigenvalue weighted by molar-refractivity contribution is 0.171. The van der Waals surface area contributed by atoms with Gasteiger partial charge in [-0.25, -0.2) is 9.97 Å². The van der Waals surface area contributed by atoms with Gasteiger partial charge in [0, 0.05) is 0 Å². The molecule has 24 heavy (non-hydrogen) atoms. The molecule has 124 valence electrons. The first-order valence-corrected chi connectivity index (χ1v) is 8.94. The minimum absolute atomic E-state index is 0.126. The molecule has 2 aromatic heterocycles. The maximum atomic E-state index is 5.73. The molecule has 0 aliphatic carbocycles. The summed E-state index contributed by atoms with van der Waals surface area (Å²) in [5.41, 5.74) is 2.14. The number of benzene rings is 1. The van der Waals surface area contributed by atoms with Crippen molar-refractivity contribution >= 4 is 27.4 Å². The first-order valence-electron chi connectivity index (χ1n) is 8.06. The van der Waals surface area contributed by atoms with E-state index in [2.05, 4.69) is 41.3 Å². The number of fused-ring (bicyclic) bond motifs is 2. The van der Waals surface area contributed by atoms with Gasteiger partial charge < -0.3 is 14.8 Å². The van der Waals surface area contributed by atoms with Gasteiger partial charge in [-0.2, -0.15) is 0 Å². The van der Waals surface area contributed by atoms with E-state index in [0.29, 0.717) is 19.1 Å². The highest BCUT2D eigenvalue weighted by Crippen LogP contribution is 2.36. The Labute approximate surface area is 144 Å². The molecule has 5 nitrogen and oxygen atoms in total. The van der Waals surface area contributed by atoms with Crippen LogP contribution in [0.3, 0.4) is 0 Å². The highest BCUT2D eigenvalue weighted by atomic mass is 32.1. The van der Waals surface area contributed by atoms with Gasteiger partial charge in [0.2, 0.25) is 0 Å². The Hall–Kier alpha value is -2.34. The molecule has 1 aromatic carbocycles. The van der Waals surface area contributed by atoms with Crippen LogP contribution in [-0.4, -0.2) is 23.2 Å². The third-order valence-electron chi connectivity index (χ3n) is 4.13. The lowest BCUT2D eigenvalue weighted by atomic mass is 9.95. The standard InChI is InChI=1S/C18H19N3O2S/c1-11(2)16(12-3-4-14-15(9-12)23-7-6-22-14)21-18-17-13(5-8-24-17)19-10-20-18/h3-5,8-11,16H,6-7H2,1-2H3,(H,19,20,21)/t16-/m0/s1. The fourth-order valence-electron chi connectivity index (χ4n) is 2.93. The molecule has 1 aliphatic rings. The van der Waals surface area contributed by atoms with Crippen LogP contribution in [0.25, 0.3) is 10.2 Å². The van der Waals surface area contributed by atoms with Crippen molar-refractivity contribution in [1.82, 2.24) is 9.97 Å². The molecule has 0 fully saturated rings. The second kappa shape index (κ2) is 6.28. The molecule has 0 spiro atoms. The molecule has 0 saturated heterocycles. The van der Waals surface area contributed by atoms with Gasteiger partial charge >= 0.3 is 0 Å². The molecule has 3 heterocycles. The molecule has 1 N–H and O–H groups in total. The van der Waals surface area contributed by atoms with Gasteiger partial charge in [0.15, 0.2) is 11.5 Å². The van der Waals surface area contributed by atoms with Gasteiger partial charge in [-0.1, -0.05) is 19.9 Å². The fraction of sp³-hybridized carbons (Fsp3) is 0.333. The average molecular weight is 341 g/mol. The number of hydrogen-bond acceptors (Lipinski definition) is 6. The molecule has 0 amide bonds. The van der Waals surface area contributed by atoms with E-state index in [9.17, 15) is 0 Å². The molecule has 1 aliphatic heterocycles. The molecule has 0 saturated carbocycles. The summed E-state index contributed by atoms with van der Waals surface area (Å²) >= 11 is 1.65. The Bertz CT molecular complexity index is 862. The van der Waals surface area contributed by atoms with E-state index in [1.165, 1.54) is 0 Å². The molecular weight excluding hydrogens is 322 g/mol. The Morgan fingerprint density at radius 2 is 1.92 bits per heavy atom. The van der Waals surface area contributed by atoms with E-state index in [4.69, 9.17) is 9.47 Å². The molecule has 3 aromatic rings. The highest BCUT2D eigenvalue weighted by Gasteiger charge is 2.21. The molecule has 4 rings (SSSR count). The van der Waals surface area contributed by atoms with Crippen LogP contribution in [0.1, 0.15) is 25.5 Å². The largest absolute Gasteiger partial charge is 0.486 e. The number of anilines is 1. The quantitative estimate of drug-likeness (QED) is 0.768. The summed E-state index contributed by atoms with van der Waals surface area (Å²) in [6.07, 6.45) is 1.61. The van der Waals surface area contributed by atoms with E-state index >= 15 is 0 Å². The van der Waals surface area contributed by atoms with Crippen LogP contribution in [0.2, 0.25) is 0 Å². The lowest BCUT2D eigenvalue weighted by Crippen LogP contribution is -2.19. The zero-order valence-corrected chi connectivity index (χ0v) is 14.5. The van der Waals surface area contributed by atoms with Crippen molar-refractivity contribution in [1.29, 1.82) is 0 Å². The topological polar surface area (TPSA) is 56.3 Å². The number of ether oxygens (including phenoxy) is 2. The Balaban J connectivity index is 1.69. The number of thiophene rings is 1. The van der Waals surface area contributed by atoms with E-state index in [1.54, 1.807) is 17.7 Å². The van der Waals surface area contributed by atoms with Gasteiger partial charge in [0.1, 0.15) is 25.4 Å². The van der Waals surface area contributed by atoms with Crippen molar-refractivity contribution in [3.8, 4) is 11.5 Å². The molecule has 1 atom stereocenters. The minimum atomic E-state index is 0.126. The fourth-order valence-corrected chi connectivity index (χ4v) is 3.72. The first-order chi connectivity index (χ1) is 11.7. The lowest BCUT2D eigenvalue weighted by Gasteiger charge is -2.26. The molecular formula is C18H19N3O2S. The van der Waals surface area contributed by atoms with Crippen LogP contribution in [0.15, 0.2) is 36.0 Å². The normalized spacial score (nSPS) is 14.8. The summed E-state index contributed by atoms with van der Waals surface area (Å²) in [6.45, 7) is 5.59. The van der Waals surface area contributed by atoms with Crippen LogP contribution >= 0.6 is 11.3 Å². The highest BCUT2D eigenvalue weighted by molar-refractivity contribution is 7.17. The molecule has 0 bridgehead atoms. The number of nitrogens with zero attached hydrogens (tertiary/aromatic N) is 2. The van der Waals surface area contributed by atoms with Crippen molar-refractivity contribution in [2.45, 2.75) is 19.9 Å². The summed E-state index contributed by atoms with van der Waals surface area (Å²) in [6, 6.07) is 8.29. The third kappa shape index (κ3) is 2.78. The van der Waals surface area contributed by atoms with Gasteiger partial charge in [0.25, 0.3) is 0 Å². The van der Waals surface area contributed by atoms with Crippen LogP contribution in [0.4, 0.5) is 5.82 Å². The zero-order valence-electron chi connectivity index (χ0n) is 13.7. The summed E-state index contributed by atoms with van der Waals surface area (Å²) < 4.78 is 12.4. The SMILES string of the molecule is CC(C)[C@H](Nc1ncnc2ccsc12)c1ccc2c(c1)OCCO2. The monoisotopic (exact) mass is 341 g/mol. The molecule has 0 unspecified atom stereocenters. The molecule has 0 radical (unpaired) electrons. The van der Waals surface area contributed by atoms with Gasteiger partial charge in [-0.05, 0) is 35.1 Å². The predicted molar refractivity (Wildman–Crippen MR) is 96.0 cm³/mol. The van der Waals surface area contributed by atoms with Gasteiger partial charge in [0.05, 0.1) is 16.3 Å². The van der Waals surface area contributed by atoms with Gasteiger partial charge in [-0.3, -0.25) is 0 Å². The second-order valence-corrected chi connectivity index (χ2v) is 7.04. The maximum Gasteiger partial charge on any atom is 0.161 e. The Kier molecular flexibility index (Phi) is 3.98. The predicted octanol–water partition coefficient (Wildman–Crippen LogP) is 4.27.